The Bertz CT molecular complexity index is 430. The first kappa shape index (κ1) is 20.3. The van der Waals surface area contributed by atoms with Crippen molar-refractivity contribution in [3.05, 3.63) is 48.6 Å². The van der Waals surface area contributed by atoms with E-state index in [1.165, 1.54) is 11.6 Å². The SMILES string of the molecule is C=CC(=O)OCCCC[N+](CC)(CC)Cc1ccccc1.[F-]. The van der Waals surface area contributed by atoms with Crippen LogP contribution in [0.3, 0.4) is 0 Å². The van der Waals surface area contributed by atoms with Crippen molar-refractivity contribution in [3.8, 4) is 0 Å². The maximum Gasteiger partial charge on any atom is 0.330 e. The van der Waals surface area contributed by atoms with E-state index in [4.69, 9.17) is 4.74 Å². The zero-order valence-electron chi connectivity index (χ0n) is 13.8. The lowest BCUT2D eigenvalue weighted by atomic mass is 10.1. The van der Waals surface area contributed by atoms with Gasteiger partial charge in [0.2, 0.25) is 0 Å². The Morgan fingerprint density at radius 3 is 2.36 bits per heavy atom. The van der Waals surface area contributed by atoms with Crippen LogP contribution in [-0.4, -0.2) is 36.7 Å². The molecule has 4 heteroatoms. The first-order valence-electron chi connectivity index (χ1n) is 7.84. The van der Waals surface area contributed by atoms with Gasteiger partial charge in [-0.2, -0.15) is 0 Å². The van der Waals surface area contributed by atoms with Gasteiger partial charge >= 0.3 is 5.97 Å². The molecular formula is C18H28FNO2. The van der Waals surface area contributed by atoms with Gasteiger partial charge in [-0.05, 0) is 26.7 Å². The number of carbonyl (C=O) groups is 1. The van der Waals surface area contributed by atoms with Crippen LogP contribution in [0.25, 0.3) is 0 Å². The van der Waals surface area contributed by atoms with Crippen molar-refractivity contribution >= 4 is 5.97 Å². The van der Waals surface area contributed by atoms with E-state index in [1.807, 2.05) is 0 Å². The topological polar surface area (TPSA) is 26.3 Å². The molecule has 124 valence electrons. The molecule has 0 radical (unpaired) electrons. The lowest BCUT2D eigenvalue weighted by Crippen LogP contribution is -3.00. The van der Waals surface area contributed by atoms with E-state index < -0.39 is 0 Å². The molecule has 0 amide bonds. The number of hydrogen-bond donors (Lipinski definition) is 0. The van der Waals surface area contributed by atoms with Gasteiger partial charge in [-0.15, -0.1) is 0 Å². The predicted octanol–water partition coefficient (Wildman–Crippen LogP) is 0.557. The number of esters is 1. The fraction of sp³-hybridized carbons (Fsp3) is 0.500. The van der Waals surface area contributed by atoms with E-state index in [9.17, 15) is 4.79 Å². The van der Waals surface area contributed by atoms with Gasteiger partial charge in [-0.25, -0.2) is 4.79 Å². The second-order valence-electron chi connectivity index (χ2n) is 5.42. The van der Waals surface area contributed by atoms with Crippen molar-refractivity contribution in [3.63, 3.8) is 0 Å². The molecule has 0 saturated carbocycles. The number of quaternary nitrogens is 1. The van der Waals surface area contributed by atoms with Gasteiger partial charge in [0.1, 0.15) is 6.54 Å². The number of unbranched alkanes of at least 4 members (excludes halogenated alkanes) is 1. The second-order valence-corrected chi connectivity index (χ2v) is 5.42. The summed E-state index contributed by atoms with van der Waals surface area (Å²) >= 11 is 0. The van der Waals surface area contributed by atoms with Gasteiger partial charge in [0.25, 0.3) is 0 Å². The van der Waals surface area contributed by atoms with E-state index in [-0.39, 0.29) is 10.7 Å². The zero-order chi connectivity index (χ0) is 15.6. The minimum atomic E-state index is -0.328. The molecule has 0 aliphatic carbocycles. The molecule has 0 aliphatic rings. The highest BCUT2D eigenvalue weighted by molar-refractivity contribution is 5.81. The first-order valence-corrected chi connectivity index (χ1v) is 7.84. The summed E-state index contributed by atoms with van der Waals surface area (Å²) in [4.78, 5) is 11.0. The van der Waals surface area contributed by atoms with Crippen LogP contribution in [0.1, 0.15) is 32.3 Å². The minimum Gasteiger partial charge on any atom is -1.00 e. The number of nitrogens with zero attached hydrogens (tertiary/aromatic N) is 1. The quantitative estimate of drug-likeness (QED) is 0.273. The summed E-state index contributed by atoms with van der Waals surface area (Å²) in [5.74, 6) is -0.328. The summed E-state index contributed by atoms with van der Waals surface area (Å²) in [6.45, 7) is 12.8. The number of ether oxygens (including phenoxy) is 1. The van der Waals surface area contributed by atoms with E-state index in [1.54, 1.807) is 0 Å². The van der Waals surface area contributed by atoms with Crippen LogP contribution in [0.4, 0.5) is 0 Å². The summed E-state index contributed by atoms with van der Waals surface area (Å²) in [6.07, 6.45) is 3.20. The highest BCUT2D eigenvalue weighted by Crippen LogP contribution is 2.16. The van der Waals surface area contributed by atoms with Crippen LogP contribution >= 0.6 is 0 Å². The Hall–Kier alpha value is -1.68. The molecule has 0 heterocycles. The van der Waals surface area contributed by atoms with Crippen molar-refractivity contribution in [2.75, 3.05) is 26.2 Å². The fourth-order valence-corrected chi connectivity index (χ4v) is 2.59. The van der Waals surface area contributed by atoms with E-state index in [0.717, 1.165) is 43.5 Å². The molecule has 0 aliphatic heterocycles. The average Bonchev–Trinajstić information content (AvgIpc) is 2.54. The van der Waals surface area contributed by atoms with Crippen LogP contribution < -0.4 is 4.70 Å². The number of rotatable bonds is 10. The van der Waals surface area contributed by atoms with Crippen molar-refractivity contribution in [1.29, 1.82) is 0 Å². The Morgan fingerprint density at radius 2 is 1.82 bits per heavy atom. The number of hydrogen-bond acceptors (Lipinski definition) is 2. The van der Waals surface area contributed by atoms with Crippen LogP contribution in [-0.2, 0) is 16.1 Å². The van der Waals surface area contributed by atoms with Crippen molar-refractivity contribution in [2.45, 2.75) is 33.2 Å². The third-order valence-electron chi connectivity index (χ3n) is 4.14. The van der Waals surface area contributed by atoms with Crippen molar-refractivity contribution in [2.24, 2.45) is 0 Å². The highest BCUT2D eigenvalue weighted by atomic mass is 19.0. The molecule has 1 aromatic rings. The Morgan fingerprint density at radius 1 is 1.18 bits per heavy atom. The Labute approximate surface area is 133 Å². The highest BCUT2D eigenvalue weighted by Gasteiger charge is 2.23. The van der Waals surface area contributed by atoms with Gasteiger partial charge in [-0.1, -0.05) is 36.9 Å². The molecule has 0 N–H and O–H groups in total. The maximum absolute atomic E-state index is 11.0. The smallest absolute Gasteiger partial charge is 0.330 e. The maximum atomic E-state index is 11.0. The van der Waals surface area contributed by atoms with Gasteiger partial charge in [0.05, 0.1) is 26.2 Å². The van der Waals surface area contributed by atoms with E-state index in [2.05, 4.69) is 50.8 Å². The van der Waals surface area contributed by atoms with Gasteiger partial charge < -0.3 is 13.9 Å². The Kier molecular flexibility index (Phi) is 10.1. The molecule has 0 fully saturated rings. The summed E-state index contributed by atoms with van der Waals surface area (Å²) in [7, 11) is 0. The Balaban J connectivity index is 0.00000441. The molecule has 0 aromatic heterocycles. The van der Waals surface area contributed by atoms with Crippen LogP contribution in [0.15, 0.2) is 43.0 Å². The van der Waals surface area contributed by atoms with E-state index >= 15 is 0 Å². The van der Waals surface area contributed by atoms with Gasteiger partial charge in [-0.3, -0.25) is 0 Å². The standard InChI is InChI=1S/C18H28NO2.FH/c1-4-18(20)21-15-11-10-14-19(5-2,6-3)16-17-12-8-7-9-13-17;/h4,7-9,12-13H,1,5-6,10-11,14-16H2,2-3H3;1H/q+1;/p-1. The summed E-state index contributed by atoms with van der Waals surface area (Å²) < 4.78 is 6.11. The van der Waals surface area contributed by atoms with Crippen LogP contribution in [0.2, 0.25) is 0 Å². The zero-order valence-corrected chi connectivity index (χ0v) is 13.8. The lowest BCUT2D eigenvalue weighted by molar-refractivity contribution is -0.938. The largest absolute Gasteiger partial charge is 1.00 e. The molecule has 0 spiro atoms. The van der Waals surface area contributed by atoms with Gasteiger partial charge in [0, 0.05) is 11.6 Å². The van der Waals surface area contributed by atoms with Crippen LogP contribution in [0, 0.1) is 0 Å². The normalized spacial score (nSPS) is 10.6. The second kappa shape index (κ2) is 11.0. The molecule has 3 nitrogen and oxygen atoms in total. The molecule has 1 rings (SSSR count). The lowest BCUT2D eigenvalue weighted by Gasteiger charge is -2.37. The first-order chi connectivity index (χ1) is 10.2. The summed E-state index contributed by atoms with van der Waals surface area (Å²) in [5, 5.41) is 0. The van der Waals surface area contributed by atoms with Gasteiger partial charge in [0.15, 0.2) is 0 Å². The molecule has 0 unspecified atom stereocenters. The van der Waals surface area contributed by atoms with Crippen molar-refractivity contribution < 1.29 is 18.7 Å². The van der Waals surface area contributed by atoms with Crippen molar-refractivity contribution in [1.82, 2.24) is 0 Å². The fourth-order valence-electron chi connectivity index (χ4n) is 2.59. The number of benzene rings is 1. The summed E-state index contributed by atoms with van der Waals surface area (Å²) in [6, 6.07) is 10.7. The average molecular weight is 309 g/mol. The molecule has 0 bridgehead atoms. The van der Waals surface area contributed by atoms with Crippen LogP contribution in [0.5, 0.6) is 0 Å². The molecular weight excluding hydrogens is 281 g/mol. The minimum absolute atomic E-state index is 0. The summed E-state index contributed by atoms with van der Waals surface area (Å²) in [5.41, 5.74) is 1.39. The molecule has 0 saturated heterocycles. The predicted molar refractivity (Wildman–Crippen MR) is 86.7 cm³/mol. The third kappa shape index (κ3) is 6.85. The third-order valence-corrected chi connectivity index (χ3v) is 4.14. The molecule has 0 atom stereocenters. The molecule has 1 aromatic carbocycles. The number of carbonyl (C=O) groups excluding carboxylic acids is 1. The van der Waals surface area contributed by atoms with E-state index in [0.29, 0.717) is 6.61 Å². The monoisotopic (exact) mass is 309 g/mol. The number of halogens is 1. The molecule has 22 heavy (non-hydrogen) atoms.